The molecule has 1 N–H and O–H groups in total. The van der Waals surface area contributed by atoms with Crippen LogP contribution in [0.1, 0.15) is 26.3 Å². The molecule has 1 aromatic carbocycles. The van der Waals surface area contributed by atoms with Crippen LogP contribution < -0.4 is 10.1 Å². The van der Waals surface area contributed by atoms with Crippen LogP contribution in [0.4, 0.5) is 9.18 Å². The molecule has 0 heterocycles. The highest BCUT2D eigenvalue weighted by Crippen LogP contribution is 2.27. The number of methoxy groups -OCH3 is 1. The predicted molar refractivity (Wildman–Crippen MR) is 81.2 cm³/mol. The van der Waals surface area contributed by atoms with Crippen molar-refractivity contribution in [3.05, 3.63) is 34.6 Å². The Morgan fingerprint density at radius 1 is 1.43 bits per heavy atom. The average molecular weight is 316 g/mol. The maximum atomic E-state index is 14.0. The number of amides is 1. The minimum atomic E-state index is -0.560. The van der Waals surface area contributed by atoms with E-state index in [1.807, 2.05) is 0 Å². The fourth-order valence-corrected chi connectivity index (χ4v) is 1.70. The Morgan fingerprint density at radius 2 is 2.10 bits per heavy atom. The molecule has 0 saturated heterocycles. The zero-order chi connectivity index (χ0) is 16.0. The fourth-order valence-electron chi connectivity index (χ4n) is 1.49. The Morgan fingerprint density at radius 3 is 2.67 bits per heavy atom. The summed E-state index contributed by atoms with van der Waals surface area (Å²) >= 11 is 5.93. The summed E-state index contributed by atoms with van der Waals surface area (Å²) in [6, 6.07) is 3.00. The van der Waals surface area contributed by atoms with Gasteiger partial charge in [0.15, 0.2) is 11.6 Å². The summed E-state index contributed by atoms with van der Waals surface area (Å²) in [5, 5.41) is 2.80. The Labute approximate surface area is 128 Å². The number of ether oxygens (including phenoxy) is 2. The van der Waals surface area contributed by atoms with Crippen molar-refractivity contribution in [1.29, 1.82) is 0 Å². The van der Waals surface area contributed by atoms with Gasteiger partial charge in [-0.05, 0) is 32.9 Å². The molecule has 0 aliphatic carbocycles. The molecule has 0 radical (unpaired) electrons. The van der Waals surface area contributed by atoms with Crippen molar-refractivity contribution < 1.29 is 18.7 Å². The predicted octanol–water partition coefficient (Wildman–Crippen LogP) is 4.03. The quantitative estimate of drug-likeness (QED) is 0.912. The summed E-state index contributed by atoms with van der Waals surface area (Å²) in [6.07, 6.45) is 2.52. The third kappa shape index (κ3) is 5.63. The summed E-state index contributed by atoms with van der Waals surface area (Å²) in [7, 11) is 1.38. The standard InChI is InChI=1S/C15H19ClFNO3/c1-15(2,3)21-14(19)18-9-5-6-10-11(16)7-8-12(20-4)13(10)17/h5-8H,9H2,1-4H3,(H,18,19). The summed E-state index contributed by atoms with van der Waals surface area (Å²) in [4.78, 5) is 11.4. The van der Waals surface area contributed by atoms with Crippen LogP contribution in [0.3, 0.4) is 0 Å². The molecular formula is C15H19ClFNO3. The molecule has 0 spiro atoms. The van der Waals surface area contributed by atoms with E-state index in [0.29, 0.717) is 0 Å². The first-order valence-electron chi connectivity index (χ1n) is 6.40. The smallest absolute Gasteiger partial charge is 0.407 e. The summed E-state index contributed by atoms with van der Waals surface area (Å²) in [6.45, 7) is 5.51. The highest BCUT2D eigenvalue weighted by Gasteiger charge is 2.15. The minimum absolute atomic E-state index is 0.110. The van der Waals surface area contributed by atoms with E-state index in [2.05, 4.69) is 5.32 Å². The van der Waals surface area contributed by atoms with Gasteiger partial charge in [-0.15, -0.1) is 0 Å². The molecule has 0 aliphatic rings. The van der Waals surface area contributed by atoms with Crippen LogP contribution in [-0.4, -0.2) is 25.3 Å². The maximum absolute atomic E-state index is 14.0. The molecule has 0 unspecified atom stereocenters. The normalized spacial score (nSPS) is 11.5. The molecule has 1 aromatic rings. The lowest BCUT2D eigenvalue weighted by molar-refractivity contribution is 0.0534. The number of benzene rings is 1. The van der Waals surface area contributed by atoms with E-state index in [-0.39, 0.29) is 22.9 Å². The van der Waals surface area contributed by atoms with Crippen molar-refractivity contribution in [2.45, 2.75) is 26.4 Å². The monoisotopic (exact) mass is 315 g/mol. The second-order valence-corrected chi connectivity index (χ2v) is 5.67. The van der Waals surface area contributed by atoms with Crippen molar-refractivity contribution in [3.8, 4) is 5.75 Å². The fraction of sp³-hybridized carbons (Fsp3) is 0.400. The molecule has 6 heteroatoms. The third-order valence-electron chi connectivity index (χ3n) is 2.36. The zero-order valence-electron chi connectivity index (χ0n) is 12.5. The number of hydrogen-bond acceptors (Lipinski definition) is 3. The zero-order valence-corrected chi connectivity index (χ0v) is 13.3. The maximum Gasteiger partial charge on any atom is 0.407 e. The second kappa shape index (κ2) is 7.31. The number of nitrogens with one attached hydrogen (secondary N) is 1. The number of alkyl carbamates (subject to hydrolysis) is 1. The van der Waals surface area contributed by atoms with Gasteiger partial charge in [-0.1, -0.05) is 23.8 Å². The van der Waals surface area contributed by atoms with Gasteiger partial charge in [0.25, 0.3) is 0 Å². The molecule has 116 valence electrons. The van der Waals surface area contributed by atoms with Crippen LogP contribution >= 0.6 is 11.6 Å². The van der Waals surface area contributed by atoms with Gasteiger partial charge in [-0.25, -0.2) is 9.18 Å². The molecular weight excluding hydrogens is 297 g/mol. The van der Waals surface area contributed by atoms with Gasteiger partial charge < -0.3 is 14.8 Å². The third-order valence-corrected chi connectivity index (χ3v) is 2.69. The van der Waals surface area contributed by atoms with E-state index < -0.39 is 17.5 Å². The summed E-state index contributed by atoms with van der Waals surface area (Å²) < 4.78 is 23.9. The summed E-state index contributed by atoms with van der Waals surface area (Å²) in [5.74, 6) is -0.433. The van der Waals surface area contributed by atoms with E-state index in [4.69, 9.17) is 21.1 Å². The molecule has 0 saturated carbocycles. The lowest BCUT2D eigenvalue weighted by Gasteiger charge is -2.19. The molecule has 1 rings (SSSR count). The highest BCUT2D eigenvalue weighted by molar-refractivity contribution is 6.32. The van der Waals surface area contributed by atoms with Gasteiger partial charge in [0.1, 0.15) is 5.60 Å². The van der Waals surface area contributed by atoms with Crippen molar-refractivity contribution in [2.75, 3.05) is 13.7 Å². The first-order valence-corrected chi connectivity index (χ1v) is 6.78. The van der Waals surface area contributed by atoms with E-state index in [0.717, 1.165) is 0 Å². The number of halogens is 2. The molecule has 4 nitrogen and oxygen atoms in total. The van der Waals surface area contributed by atoms with Crippen LogP contribution in [0, 0.1) is 5.82 Å². The van der Waals surface area contributed by atoms with Gasteiger partial charge in [0.05, 0.1) is 12.1 Å². The molecule has 0 aliphatic heterocycles. The van der Waals surface area contributed by atoms with Gasteiger partial charge in [0.2, 0.25) is 0 Å². The Bertz CT molecular complexity index is 538. The van der Waals surface area contributed by atoms with Gasteiger partial charge in [-0.3, -0.25) is 0 Å². The van der Waals surface area contributed by atoms with E-state index >= 15 is 0 Å². The Kier molecular flexibility index (Phi) is 6.03. The SMILES string of the molecule is COc1ccc(Cl)c(C=CCNC(=O)OC(C)(C)C)c1F. The molecule has 1 amide bonds. The molecule has 0 atom stereocenters. The minimum Gasteiger partial charge on any atom is -0.494 e. The molecule has 0 fully saturated rings. The lowest BCUT2D eigenvalue weighted by atomic mass is 10.2. The van der Waals surface area contributed by atoms with E-state index in [1.54, 1.807) is 32.9 Å². The van der Waals surface area contributed by atoms with Crippen molar-refractivity contribution >= 4 is 23.8 Å². The van der Waals surface area contributed by atoms with Crippen molar-refractivity contribution in [1.82, 2.24) is 5.32 Å². The molecule has 0 bridgehead atoms. The van der Waals surface area contributed by atoms with Crippen LogP contribution in [-0.2, 0) is 4.74 Å². The highest BCUT2D eigenvalue weighted by atomic mass is 35.5. The topological polar surface area (TPSA) is 47.6 Å². The number of carbonyl (C=O) groups is 1. The lowest BCUT2D eigenvalue weighted by Crippen LogP contribution is -2.32. The Hall–Kier alpha value is -1.75. The largest absolute Gasteiger partial charge is 0.494 e. The van der Waals surface area contributed by atoms with Crippen molar-refractivity contribution in [3.63, 3.8) is 0 Å². The number of carbonyl (C=O) groups excluding carboxylic acids is 1. The van der Waals surface area contributed by atoms with Gasteiger partial charge >= 0.3 is 6.09 Å². The van der Waals surface area contributed by atoms with Crippen LogP contribution in [0.15, 0.2) is 18.2 Å². The molecule has 0 aromatic heterocycles. The van der Waals surface area contributed by atoms with Crippen molar-refractivity contribution in [2.24, 2.45) is 0 Å². The number of hydrogen-bond donors (Lipinski definition) is 1. The van der Waals surface area contributed by atoms with Gasteiger partial charge in [-0.2, -0.15) is 0 Å². The Balaban J connectivity index is 2.64. The second-order valence-electron chi connectivity index (χ2n) is 5.26. The van der Waals surface area contributed by atoms with E-state index in [9.17, 15) is 9.18 Å². The van der Waals surface area contributed by atoms with Crippen LogP contribution in [0.2, 0.25) is 5.02 Å². The summed E-state index contributed by atoms with van der Waals surface area (Å²) in [5.41, 5.74) is -0.349. The molecule has 21 heavy (non-hydrogen) atoms. The first kappa shape index (κ1) is 17.3. The van der Waals surface area contributed by atoms with Gasteiger partial charge in [0, 0.05) is 12.1 Å². The van der Waals surface area contributed by atoms with Crippen LogP contribution in [0.5, 0.6) is 5.75 Å². The first-order chi connectivity index (χ1) is 9.74. The van der Waals surface area contributed by atoms with E-state index in [1.165, 1.54) is 19.3 Å². The number of rotatable bonds is 4. The van der Waals surface area contributed by atoms with Crippen LogP contribution in [0.25, 0.3) is 6.08 Å². The average Bonchev–Trinajstić information content (AvgIpc) is 2.35.